The normalized spacial score (nSPS) is 10.7. The van der Waals surface area contributed by atoms with E-state index in [4.69, 9.17) is 0 Å². The lowest BCUT2D eigenvalue weighted by atomic mass is 10.4. The molecule has 0 unspecified atom stereocenters. The highest BCUT2D eigenvalue weighted by Crippen LogP contribution is 1.76. The molecule has 1 N–H and O–H groups in total. The minimum absolute atomic E-state index is 0.0445. The molecule has 0 amide bonds. The van der Waals surface area contributed by atoms with E-state index in [1.165, 1.54) is 7.98 Å². The molecule has 0 aliphatic rings. The maximum absolute atomic E-state index is 11.2. The Morgan fingerprint density at radius 3 is 2.92 bits per heavy atom. The van der Waals surface area contributed by atoms with Crippen LogP contribution >= 0.6 is 0 Å². The van der Waals surface area contributed by atoms with Crippen molar-refractivity contribution in [1.29, 1.82) is 0 Å². The van der Waals surface area contributed by atoms with Crippen LogP contribution in [0.3, 0.4) is 0 Å². The molecule has 2 rings (SSSR count). The number of aromatic amines is 1. The number of tetrazole rings is 1. The van der Waals surface area contributed by atoms with Crippen LogP contribution in [0.25, 0.3) is 5.78 Å². The summed E-state index contributed by atoms with van der Waals surface area (Å²) in [5.41, 5.74) is -1.20. The summed E-state index contributed by atoms with van der Waals surface area (Å²) in [4.78, 5) is 25.6. The monoisotopic (exact) mass is 166 g/mol. The van der Waals surface area contributed by atoms with Gasteiger partial charge in [0.1, 0.15) is 0 Å². The molecule has 0 radical (unpaired) electrons. The largest absolute Gasteiger partial charge is 0.344 e. The van der Waals surface area contributed by atoms with Crippen molar-refractivity contribution in [2.24, 2.45) is 0 Å². The predicted molar refractivity (Wildman–Crippen MR) is 39.6 cm³/mol. The van der Waals surface area contributed by atoms with Crippen LogP contribution in [0, 0.1) is 0 Å². The molecule has 0 aliphatic carbocycles. The summed E-state index contributed by atoms with van der Waals surface area (Å²) in [6.07, 6.45) is 0. The molecule has 2 aromatic rings. The lowest BCUT2D eigenvalue weighted by molar-refractivity contribution is 0.746. The molecular weight excluding hydrogens is 163 g/mol. The van der Waals surface area contributed by atoms with Gasteiger partial charge in [0.05, 0.1) is 0 Å². The van der Waals surface area contributed by atoms with Gasteiger partial charge in [0.2, 0.25) is 7.98 Å². The number of nitrogens with one attached hydrogen (secondary N) is 1. The highest BCUT2D eigenvalue weighted by atomic mass is 16.2. The molecule has 0 saturated heterocycles. The average Bonchev–Trinajstić information content (AvgIpc) is 2.48. The molecule has 12 heavy (non-hydrogen) atoms. The average molecular weight is 166 g/mol. The maximum Gasteiger partial charge on any atom is 0.344 e. The minimum atomic E-state index is -0.633. The molecule has 0 spiro atoms. The maximum atomic E-state index is 11.2. The number of aromatic nitrogens is 6. The zero-order valence-corrected chi connectivity index (χ0v) is 6.05. The summed E-state index contributed by atoms with van der Waals surface area (Å²) in [6, 6.07) is 0. The van der Waals surface area contributed by atoms with Crippen LogP contribution in [0.4, 0.5) is 0 Å². The van der Waals surface area contributed by atoms with Crippen molar-refractivity contribution in [1.82, 2.24) is 29.5 Å². The van der Waals surface area contributed by atoms with E-state index in [-0.39, 0.29) is 5.78 Å². The Hall–Kier alpha value is -1.93. The topological polar surface area (TPSA) is 97.9 Å². The summed E-state index contributed by atoms with van der Waals surface area (Å²) in [5.74, 6) is 0.0445. The molecular formula is C3H3BN6O2. The second-order valence-corrected chi connectivity index (χ2v) is 2.17. The fourth-order valence-corrected chi connectivity index (χ4v) is 0.792. The van der Waals surface area contributed by atoms with E-state index < -0.39 is 11.4 Å². The Morgan fingerprint density at radius 1 is 1.42 bits per heavy atom. The van der Waals surface area contributed by atoms with Crippen LogP contribution in [0.5, 0.6) is 0 Å². The third kappa shape index (κ3) is 0.697. The molecule has 8 nitrogen and oxygen atoms in total. The Kier molecular flexibility index (Phi) is 1.14. The van der Waals surface area contributed by atoms with Crippen LogP contribution in [0.15, 0.2) is 9.59 Å². The zero-order valence-electron chi connectivity index (χ0n) is 6.05. The number of nitrogens with zero attached hydrogens (tertiary/aromatic N) is 5. The van der Waals surface area contributed by atoms with Crippen LogP contribution in [0.1, 0.15) is 0 Å². The summed E-state index contributed by atoms with van der Waals surface area (Å²) in [6.45, 7) is 0. The van der Waals surface area contributed by atoms with Crippen LogP contribution in [-0.4, -0.2) is 37.5 Å². The second-order valence-electron chi connectivity index (χ2n) is 2.17. The first kappa shape index (κ1) is 6.76. The highest BCUT2D eigenvalue weighted by Gasteiger charge is 2.04. The van der Waals surface area contributed by atoms with Crippen molar-refractivity contribution < 1.29 is 0 Å². The Morgan fingerprint density at radius 2 is 2.17 bits per heavy atom. The van der Waals surface area contributed by atoms with Gasteiger partial charge in [-0.2, -0.15) is 4.98 Å². The SMILES string of the molecule is Bn1c(=O)nc2[nH]nnn2c1=O. The van der Waals surface area contributed by atoms with Gasteiger partial charge < -0.3 is 0 Å². The number of fused-ring (bicyclic) bond motifs is 1. The standard InChI is InChI=1S/C3H3BN6O2/c4-9-2(11)5-1-6-7-8-10(1)3(9)12/h4H2,(H,5,6,8,11). The third-order valence-corrected chi connectivity index (χ3v) is 1.44. The molecule has 0 saturated carbocycles. The van der Waals surface area contributed by atoms with Gasteiger partial charge in [0, 0.05) is 0 Å². The molecule has 0 atom stereocenters. The summed E-state index contributed by atoms with van der Waals surface area (Å²) >= 11 is 0. The Bertz CT molecular complexity index is 535. The molecule has 60 valence electrons. The van der Waals surface area contributed by atoms with Crippen LogP contribution < -0.4 is 11.4 Å². The molecule has 0 bridgehead atoms. The molecule has 2 heterocycles. The molecule has 2 aromatic heterocycles. The van der Waals surface area contributed by atoms with E-state index >= 15 is 0 Å². The number of hydrogen-bond donors (Lipinski definition) is 1. The number of H-pyrrole nitrogens is 1. The zero-order chi connectivity index (χ0) is 8.72. The first-order chi connectivity index (χ1) is 5.70. The van der Waals surface area contributed by atoms with E-state index in [2.05, 4.69) is 20.5 Å². The van der Waals surface area contributed by atoms with Crippen molar-refractivity contribution in [3.63, 3.8) is 0 Å². The number of rotatable bonds is 0. The fraction of sp³-hybridized carbons (Fsp3) is 0. The van der Waals surface area contributed by atoms with Gasteiger partial charge in [-0.25, -0.2) is 14.7 Å². The summed E-state index contributed by atoms with van der Waals surface area (Å²) in [5, 5.41) is 9.02. The van der Waals surface area contributed by atoms with Gasteiger partial charge in [-0.05, 0) is 10.4 Å². The first-order valence-electron chi connectivity index (χ1n) is 3.07. The molecule has 9 heteroatoms. The van der Waals surface area contributed by atoms with Gasteiger partial charge in [-0.3, -0.25) is 4.48 Å². The van der Waals surface area contributed by atoms with E-state index in [9.17, 15) is 9.59 Å². The van der Waals surface area contributed by atoms with E-state index in [0.717, 1.165) is 8.99 Å². The highest BCUT2D eigenvalue weighted by molar-refractivity contribution is 6.06. The lowest BCUT2D eigenvalue weighted by Gasteiger charge is -1.92. The van der Waals surface area contributed by atoms with Crippen molar-refractivity contribution in [3.05, 3.63) is 21.0 Å². The summed E-state index contributed by atoms with van der Waals surface area (Å²) in [7, 11) is 1.32. The van der Waals surface area contributed by atoms with Crippen LogP contribution in [-0.2, 0) is 0 Å². The molecule has 0 fully saturated rings. The third-order valence-electron chi connectivity index (χ3n) is 1.44. The minimum Gasteiger partial charge on any atom is -0.297 e. The van der Waals surface area contributed by atoms with Gasteiger partial charge in [-0.1, -0.05) is 0 Å². The van der Waals surface area contributed by atoms with E-state index in [1.807, 2.05) is 0 Å². The Balaban J connectivity index is 3.16. The quantitative estimate of drug-likeness (QED) is 0.407. The van der Waals surface area contributed by atoms with Gasteiger partial charge in [0.15, 0.2) is 0 Å². The van der Waals surface area contributed by atoms with E-state index in [0.29, 0.717) is 0 Å². The van der Waals surface area contributed by atoms with Crippen molar-refractivity contribution >= 4 is 13.8 Å². The lowest BCUT2D eigenvalue weighted by Crippen LogP contribution is -2.38. The molecule has 0 aliphatic heterocycles. The van der Waals surface area contributed by atoms with Gasteiger partial charge >= 0.3 is 11.4 Å². The van der Waals surface area contributed by atoms with Gasteiger partial charge in [-0.15, -0.1) is 4.52 Å². The van der Waals surface area contributed by atoms with Crippen molar-refractivity contribution in [2.45, 2.75) is 0 Å². The fourth-order valence-electron chi connectivity index (χ4n) is 0.792. The van der Waals surface area contributed by atoms with Gasteiger partial charge in [0.25, 0.3) is 5.78 Å². The van der Waals surface area contributed by atoms with Crippen LogP contribution in [0.2, 0.25) is 0 Å². The molecule has 0 aromatic carbocycles. The second kappa shape index (κ2) is 2.03. The van der Waals surface area contributed by atoms with Crippen molar-refractivity contribution in [3.8, 4) is 0 Å². The first-order valence-corrected chi connectivity index (χ1v) is 3.07. The summed E-state index contributed by atoms with van der Waals surface area (Å²) < 4.78 is 1.75. The van der Waals surface area contributed by atoms with E-state index in [1.54, 1.807) is 0 Å². The predicted octanol–water partition coefficient (Wildman–Crippen LogP) is -3.63. The van der Waals surface area contributed by atoms with Crippen molar-refractivity contribution in [2.75, 3.05) is 0 Å². The number of hydrogen-bond acceptors (Lipinski definition) is 5. The Labute approximate surface area is 65.3 Å². The smallest absolute Gasteiger partial charge is 0.297 e.